The van der Waals surface area contributed by atoms with Crippen LogP contribution < -0.4 is 11.1 Å². The molecular formula is C10H17N3O2. The van der Waals surface area contributed by atoms with Gasteiger partial charge in [0, 0.05) is 19.0 Å². The lowest BCUT2D eigenvalue weighted by molar-refractivity contribution is 0.0916. The fraction of sp³-hybridized carbons (Fsp3) is 0.600. The average Bonchev–Trinajstić information content (AvgIpc) is 2.40. The Morgan fingerprint density at radius 3 is 2.53 bits per heavy atom. The number of nitrogens with one attached hydrogen (secondary N) is 1. The number of hydrogen-bond donors (Lipinski definition) is 2. The van der Waals surface area contributed by atoms with Crippen LogP contribution in [-0.2, 0) is 0 Å². The zero-order valence-corrected chi connectivity index (χ0v) is 9.55. The van der Waals surface area contributed by atoms with Gasteiger partial charge in [-0.1, -0.05) is 0 Å². The zero-order valence-electron chi connectivity index (χ0n) is 9.55. The summed E-state index contributed by atoms with van der Waals surface area (Å²) in [6.45, 7) is 7.51. The lowest BCUT2D eigenvalue weighted by Gasteiger charge is -2.18. The van der Waals surface area contributed by atoms with Gasteiger partial charge in [0.05, 0.1) is 5.69 Å². The summed E-state index contributed by atoms with van der Waals surface area (Å²) in [5.41, 5.74) is 5.91. The summed E-state index contributed by atoms with van der Waals surface area (Å²) < 4.78 is 5.18. The number of amides is 1. The van der Waals surface area contributed by atoms with Crippen LogP contribution in [0.5, 0.6) is 0 Å². The van der Waals surface area contributed by atoms with E-state index in [1.165, 1.54) is 0 Å². The maximum Gasteiger partial charge on any atom is 0.289 e. The van der Waals surface area contributed by atoms with Crippen LogP contribution in [0.1, 0.15) is 36.0 Å². The molecule has 5 nitrogen and oxygen atoms in total. The molecule has 0 atom stereocenters. The number of aryl methyl sites for hydroxylation is 2. The monoisotopic (exact) mass is 211 g/mol. The third-order valence-corrected chi connectivity index (χ3v) is 1.81. The van der Waals surface area contributed by atoms with E-state index in [0.29, 0.717) is 18.1 Å². The first-order chi connectivity index (χ1) is 6.79. The number of carbonyl (C=O) groups excluding carboxylic acids is 1. The Kier molecular flexibility index (Phi) is 3.14. The lowest BCUT2D eigenvalue weighted by Crippen LogP contribution is -2.45. The first-order valence-corrected chi connectivity index (χ1v) is 4.81. The minimum Gasteiger partial charge on any atom is -0.436 e. The number of oxazole rings is 1. The van der Waals surface area contributed by atoms with E-state index in [1.807, 2.05) is 13.8 Å². The molecule has 0 saturated heterocycles. The smallest absolute Gasteiger partial charge is 0.289 e. The van der Waals surface area contributed by atoms with Gasteiger partial charge in [-0.15, -0.1) is 0 Å². The third-order valence-electron chi connectivity index (χ3n) is 1.81. The highest BCUT2D eigenvalue weighted by Crippen LogP contribution is 2.09. The van der Waals surface area contributed by atoms with Crippen molar-refractivity contribution in [2.45, 2.75) is 33.2 Å². The van der Waals surface area contributed by atoms with E-state index in [2.05, 4.69) is 10.3 Å². The van der Waals surface area contributed by atoms with E-state index < -0.39 is 5.54 Å². The molecule has 0 spiro atoms. The number of carbonyl (C=O) groups is 1. The third kappa shape index (κ3) is 3.36. The zero-order chi connectivity index (χ0) is 11.6. The van der Waals surface area contributed by atoms with E-state index >= 15 is 0 Å². The summed E-state index contributed by atoms with van der Waals surface area (Å²) >= 11 is 0. The van der Waals surface area contributed by atoms with Crippen LogP contribution in [0, 0.1) is 13.8 Å². The minimum atomic E-state index is -0.432. The van der Waals surface area contributed by atoms with Gasteiger partial charge in [-0.25, -0.2) is 4.98 Å². The molecule has 1 rings (SSSR count). The fourth-order valence-electron chi connectivity index (χ4n) is 1.13. The number of aromatic nitrogens is 1. The van der Waals surface area contributed by atoms with Gasteiger partial charge in [-0.2, -0.15) is 0 Å². The molecule has 0 aliphatic heterocycles. The molecule has 84 valence electrons. The van der Waals surface area contributed by atoms with E-state index in [4.69, 9.17) is 10.2 Å². The van der Waals surface area contributed by atoms with Gasteiger partial charge in [0.25, 0.3) is 5.91 Å². The Labute approximate surface area is 89.1 Å². The summed E-state index contributed by atoms with van der Waals surface area (Å²) in [5.74, 6) is 0.480. The molecule has 0 aliphatic rings. The van der Waals surface area contributed by atoms with Crippen LogP contribution in [-0.4, -0.2) is 23.0 Å². The quantitative estimate of drug-likeness (QED) is 0.773. The highest BCUT2D eigenvalue weighted by atomic mass is 16.4. The van der Waals surface area contributed by atoms with Gasteiger partial charge in [0.15, 0.2) is 5.89 Å². The molecule has 3 N–H and O–H groups in total. The van der Waals surface area contributed by atoms with Crippen molar-refractivity contribution in [3.63, 3.8) is 0 Å². The predicted octanol–water partition coefficient (Wildman–Crippen LogP) is 0.759. The van der Waals surface area contributed by atoms with E-state index in [1.54, 1.807) is 13.8 Å². The summed E-state index contributed by atoms with van der Waals surface area (Å²) in [5, 5.41) is 2.70. The second-order valence-corrected chi connectivity index (χ2v) is 4.32. The molecule has 0 radical (unpaired) electrons. The molecule has 0 aromatic carbocycles. The van der Waals surface area contributed by atoms with Gasteiger partial charge >= 0.3 is 0 Å². The first-order valence-electron chi connectivity index (χ1n) is 4.81. The van der Waals surface area contributed by atoms with Crippen molar-refractivity contribution in [2.24, 2.45) is 5.73 Å². The molecule has 1 amide bonds. The number of rotatable bonds is 3. The van der Waals surface area contributed by atoms with Crippen molar-refractivity contribution in [2.75, 3.05) is 6.54 Å². The van der Waals surface area contributed by atoms with Crippen molar-refractivity contribution < 1.29 is 9.21 Å². The molecule has 5 heteroatoms. The second kappa shape index (κ2) is 4.02. The van der Waals surface area contributed by atoms with Gasteiger partial charge in [-0.3, -0.25) is 4.79 Å². The Hall–Kier alpha value is -1.36. The average molecular weight is 211 g/mol. The molecule has 1 aromatic heterocycles. The normalized spacial score (nSPS) is 11.5. The van der Waals surface area contributed by atoms with Crippen molar-refractivity contribution in [1.82, 2.24) is 10.3 Å². The molecular weight excluding hydrogens is 194 g/mol. The molecule has 1 heterocycles. The number of nitrogens with zero attached hydrogens (tertiary/aromatic N) is 1. The van der Waals surface area contributed by atoms with Gasteiger partial charge in [0.2, 0.25) is 5.76 Å². The standard InChI is InChI=1S/C10H17N3O2/c1-6-8(15-7(2)13-6)9(14)12-5-10(3,4)11/h5,11H2,1-4H3,(H,12,14). The number of nitrogens with two attached hydrogens (primary N) is 1. The highest BCUT2D eigenvalue weighted by molar-refractivity contribution is 5.92. The molecule has 0 saturated carbocycles. The van der Waals surface area contributed by atoms with Crippen LogP contribution in [0.25, 0.3) is 0 Å². The molecule has 0 unspecified atom stereocenters. The SMILES string of the molecule is Cc1nc(C)c(C(=O)NCC(C)(C)N)o1. The Morgan fingerprint density at radius 1 is 1.53 bits per heavy atom. The fourth-order valence-corrected chi connectivity index (χ4v) is 1.13. The summed E-state index contributed by atoms with van der Waals surface area (Å²) in [6, 6.07) is 0. The molecule has 0 bridgehead atoms. The van der Waals surface area contributed by atoms with Crippen molar-refractivity contribution in [1.29, 1.82) is 0 Å². The van der Waals surface area contributed by atoms with Gasteiger partial charge in [0.1, 0.15) is 0 Å². The Bertz CT molecular complexity index is 363. The van der Waals surface area contributed by atoms with Crippen LogP contribution >= 0.6 is 0 Å². The topological polar surface area (TPSA) is 81.2 Å². The van der Waals surface area contributed by atoms with Gasteiger partial charge < -0.3 is 15.5 Å². The van der Waals surface area contributed by atoms with Crippen LogP contribution in [0.2, 0.25) is 0 Å². The lowest BCUT2D eigenvalue weighted by atomic mass is 10.1. The van der Waals surface area contributed by atoms with Gasteiger partial charge in [-0.05, 0) is 20.8 Å². The summed E-state index contributed by atoms with van der Waals surface area (Å²) in [6.07, 6.45) is 0. The Balaban J connectivity index is 2.66. The summed E-state index contributed by atoms with van der Waals surface area (Å²) in [7, 11) is 0. The van der Waals surface area contributed by atoms with Crippen LogP contribution in [0.3, 0.4) is 0 Å². The first kappa shape index (κ1) is 11.7. The number of hydrogen-bond acceptors (Lipinski definition) is 4. The van der Waals surface area contributed by atoms with Crippen molar-refractivity contribution >= 4 is 5.91 Å². The van der Waals surface area contributed by atoms with Crippen molar-refractivity contribution in [3.8, 4) is 0 Å². The van der Waals surface area contributed by atoms with Crippen LogP contribution in [0.4, 0.5) is 0 Å². The maximum atomic E-state index is 11.6. The van der Waals surface area contributed by atoms with E-state index in [0.717, 1.165) is 0 Å². The van der Waals surface area contributed by atoms with Crippen molar-refractivity contribution in [3.05, 3.63) is 17.3 Å². The Morgan fingerprint density at radius 2 is 2.13 bits per heavy atom. The largest absolute Gasteiger partial charge is 0.436 e. The predicted molar refractivity (Wildman–Crippen MR) is 56.6 cm³/mol. The highest BCUT2D eigenvalue weighted by Gasteiger charge is 2.18. The van der Waals surface area contributed by atoms with E-state index in [-0.39, 0.29) is 11.7 Å². The maximum absolute atomic E-state index is 11.6. The molecule has 0 aliphatic carbocycles. The molecule has 1 aromatic rings. The van der Waals surface area contributed by atoms with E-state index in [9.17, 15) is 4.79 Å². The molecule has 0 fully saturated rings. The summed E-state index contributed by atoms with van der Waals surface area (Å²) in [4.78, 5) is 15.6. The second-order valence-electron chi connectivity index (χ2n) is 4.32. The minimum absolute atomic E-state index is 0.261. The molecule has 15 heavy (non-hydrogen) atoms. The van der Waals surface area contributed by atoms with Crippen LogP contribution in [0.15, 0.2) is 4.42 Å².